The van der Waals surface area contributed by atoms with Crippen molar-refractivity contribution in [2.45, 2.75) is 32.1 Å². The molecule has 1 aliphatic rings. The molecule has 2 heterocycles. The van der Waals surface area contributed by atoms with Crippen molar-refractivity contribution in [3.8, 4) is 0 Å². The van der Waals surface area contributed by atoms with Crippen molar-refractivity contribution in [3.63, 3.8) is 0 Å². The van der Waals surface area contributed by atoms with E-state index in [0.717, 1.165) is 11.5 Å². The smallest absolute Gasteiger partial charge is 0.352 e. The lowest BCUT2D eigenvalue weighted by atomic mass is 9.96. The van der Waals surface area contributed by atoms with Crippen LogP contribution in [0.25, 0.3) is 0 Å². The van der Waals surface area contributed by atoms with E-state index in [0.29, 0.717) is 48.6 Å². The Bertz CT molecular complexity index is 964. The van der Waals surface area contributed by atoms with E-state index in [1.54, 1.807) is 11.8 Å². The van der Waals surface area contributed by atoms with E-state index in [2.05, 4.69) is 14.9 Å². The molecule has 174 valence electrons. The van der Waals surface area contributed by atoms with Gasteiger partial charge in [0.1, 0.15) is 4.88 Å². The van der Waals surface area contributed by atoms with E-state index < -0.39 is 35.0 Å². The number of nitrogens with one attached hydrogen (secondary N) is 1. The number of nitrogens with zero attached hydrogens (tertiary/aromatic N) is 3. The average molecular weight is 480 g/mol. The van der Waals surface area contributed by atoms with Crippen LogP contribution in [0.15, 0.2) is 18.2 Å². The van der Waals surface area contributed by atoms with Crippen molar-refractivity contribution >= 4 is 23.3 Å². The van der Waals surface area contributed by atoms with Crippen LogP contribution < -0.4 is 5.32 Å². The Kier molecular flexibility index (Phi) is 6.77. The second-order valence-corrected chi connectivity index (χ2v) is 8.18. The number of piperidine rings is 1. The summed E-state index contributed by atoms with van der Waals surface area (Å²) in [7, 11) is 0. The average Bonchev–Trinajstić information content (AvgIpc) is 3.16. The van der Waals surface area contributed by atoms with Crippen LogP contribution in [0.1, 0.15) is 49.7 Å². The quantitative estimate of drug-likeness (QED) is 0.667. The molecule has 0 radical (unpaired) electrons. The Morgan fingerprint density at radius 3 is 2.09 bits per heavy atom. The standard InChI is InChI=1S/C19H18F6N4O2S/c1-10-15(32-28-27-10)17(31)29-4-2-11(3-5-29)9-26-16(30)12-6-13(18(20,21)22)8-14(7-12)19(23,24)25/h6-8,11H,2-5,9H2,1H3,(H,26,30). The second-order valence-electron chi connectivity index (χ2n) is 7.43. The molecular weight excluding hydrogens is 462 g/mol. The third kappa shape index (κ3) is 5.56. The highest BCUT2D eigenvalue weighted by molar-refractivity contribution is 7.07. The number of benzene rings is 1. The van der Waals surface area contributed by atoms with E-state index in [1.807, 2.05) is 0 Å². The van der Waals surface area contributed by atoms with E-state index in [1.165, 1.54) is 0 Å². The number of likely N-dealkylation sites (tertiary alicyclic amines) is 1. The van der Waals surface area contributed by atoms with Gasteiger partial charge in [0.25, 0.3) is 11.8 Å². The van der Waals surface area contributed by atoms with Gasteiger partial charge < -0.3 is 10.2 Å². The van der Waals surface area contributed by atoms with Gasteiger partial charge in [-0.3, -0.25) is 9.59 Å². The molecule has 6 nitrogen and oxygen atoms in total. The van der Waals surface area contributed by atoms with E-state index in [4.69, 9.17) is 0 Å². The van der Waals surface area contributed by atoms with Crippen LogP contribution >= 0.6 is 11.5 Å². The molecule has 1 saturated heterocycles. The fourth-order valence-corrected chi connectivity index (χ4v) is 3.96. The number of carbonyl (C=O) groups excluding carboxylic acids is 2. The van der Waals surface area contributed by atoms with E-state index >= 15 is 0 Å². The van der Waals surface area contributed by atoms with Gasteiger partial charge in [-0.15, -0.1) is 5.10 Å². The summed E-state index contributed by atoms with van der Waals surface area (Å²) >= 11 is 1.00. The van der Waals surface area contributed by atoms with Gasteiger partial charge in [0.15, 0.2) is 0 Å². The minimum Gasteiger partial charge on any atom is -0.352 e. The molecule has 0 spiro atoms. The van der Waals surface area contributed by atoms with Crippen LogP contribution in [0.2, 0.25) is 0 Å². The number of hydrogen-bond acceptors (Lipinski definition) is 5. The van der Waals surface area contributed by atoms with Gasteiger partial charge in [-0.05, 0) is 55.4 Å². The van der Waals surface area contributed by atoms with Gasteiger partial charge in [0.2, 0.25) is 0 Å². The van der Waals surface area contributed by atoms with Crippen LogP contribution in [0, 0.1) is 12.8 Å². The van der Waals surface area contributed by atoms with Gasteiger partial charge in [0.05, 0.1) is 16.8 Å². The number of aryl methyl sites for hydroxylation is 1. The predicted octanol–water partition coefficient (Wildman–Crippen LogP) is 4.17. The monoisotopic (exact) mass is 480 g/mol. The number of aromatic nitrogens is 2. The molecule has 0 unspecified atom stereocenters. The van der Waals surface area contributed by atoms with Crippen LogP contribution in [0.3, 0.4) is 0 Å². The van der Waals surface area contributed by atoms with Crippen molar-refractivity contribution in [3.05, 3.63) is 45.5 Å². The van der Waals surface area contributed by atoms with Gasteiger partial charge in [-0.2, -0.15) is 26.3 Å². The van der Waals surface area contributed by atoms with Gasteiger partial charge in [-0.25, -0.2) is 0 Å². The summed E-state index contributed by atoms with van der Waals surface area (Å²) in [5, 5.41) is 6.21. The summed E-state index contributed by atoms with van der Waals surface area (Å²) in [6, 6.07) is 0.776. The molecule has 1 aromatic heterocycles. The number of hydrogen-bond donors (Lipinski definition) is 1. The maximum Gasteiger partial charge on any atom is 0.416 e. The molecule has 1 aliphatic heterocycles. The minimum absolute atomic E-state index is 0.0239. The molecule has 13 heteroatoms. The lowest BCUT2D eigenvalue weighted by Crippen LogP contribution is -2.41. The number of carbonyl (C=O) groups is 2. The third-order valence-corrected chi connectivity index (χ3v) is 5.96. The summed E-state index contributed by atoms with van der Waals surface area (Å²) in [5.74, 6) is -1.29. The number of alkyl halides is 6. The predicted molar refractivity (Wildman–Crippen MR) is 102 cm³/mol. The van der Waals surface area contributed by atoms with Crippen molar-refractivity contribution in [2.24, 2.45) is 5.92 Å². The Morgan fingerprint density at radius 1 is 1.06 bits per heavy atom. The zero-order valence-electron chi connectivity index (χ0n) is 16.7. The first-order valence-corrected chi connectivity index (χ1v) is 10.3. The largest absolute Gasteiger partial charge is 0.416 e. The number of rotatable bonds is 4. The lowest BCUT2D eigenvalue weighted by Gasteiger charge is -2.31. The summed E-state index contributed by atoms with van der Waals surface area (Å²) in [4.78, 5) is 26.8. The molecular formula is C19H18F6N4O2S. The highest BCUT2D eigenvalue weighted by Gasteiger charge is 2.37. The third-order valence-electron chi connectivity index (χ3n) is 5.15. The summed E-state index contributed by atoms with van der Waals surface area (Å²) in [6.07, 6.45) is -9.01. The second kappa shape index (κ2) is 9.04. The Hall–Kier alpha value is -2.70. The van der Waals surface area contributed by atoms with Crippen molar-refractivity contribution in [2.75, 3.05) is 19.6 Å². The SMILES string of the molecule is Cc1nnsc1C(=O)N1CCC(CNC(=O)c2cc(C(F)(F)F)cc(C(F)(F)F)c2)CC1. The van der Waals surface area contributed by atoms with Crippen molar-refractivity contribution in [1.82, 2.24) is 19.8 Å². The maximum atomic E-state index is 13.0. The van der Waals surface area contributed by atoms with Crippen LogP contribution in [0.5, 0.6) is 0 Å². The molecule has 0 atom stereocenters. The summed E-state index contributed by atoms with van der Waals surface area (Å²) in [5.41, 5.74) is -3.27. The number of halogens is 6. The van der Waals surface area contributed by atoms with Crippen molar-refractivity contribution in [1.29, 1.82) is 0 Å². The summed E-state index contributed by atoms with van der Waals surface area (Å²) in [6.45, 7) is 2.55. The van der Waals surface area contributed by atoms with Crippen LogP contribution in [0.4, 0.5) is 26.3 Å². The molecule has 3 rings (SSSR count). The maximum absolute atomic E-state index is 13.0. The number of amides is 2. The zero-order valence-corrected chi connectivity index (χ0v) is 17.5. The van der Waals surface area contributed by atoms with Gasteiger partial charge in [-0.1, -0.05) is 4.49 Å². The molecule has 0 bridgehead atoms. The molecule has 2 amide bonds. The van der Waals surface area contributed by atoms with Crippen LogP contribution in [-0.4, -0.2) is 45.9 Å². The molecule has 1 fully saturated rings. The minimum atomic E-state index is -5.03. The topological polar surface area (TPSA) is 75.2 Å². The molecule has 1 aromatic carbocycles. The molecule has 0 saturated carbocycles. The van der Waals surface area contributed by atoms with E-state index in [9.17, 15) is 35.9 Å². The first-order valence-electron chi connectivity index (χ1n) is 9.52. The van der Waals surface area contributed by atoms with Crippen molar-refractivity contribution < 1.29 is 35.9 Å². The molecule has 32 heavy (non-hydrogen) atoms. The fraction of sp³-hybridized carbons (Fsp3) is 0.474. The van der Waals surface area contributed by atoms with E-state index in [-0.39, 0.29) is 24.4 Å². The molecule has 2 aromatic rings. The Balaban J connectivity index is 1.61. The molecule has 0 aliphatic carbocycles. The van der Waals surface area contributed by atoms with Gasteiger partial charge >= 0.3 is 12.4 Å². The van der Waals surface area contributed by atoms with Crippen LogP contribution in [-0.2, 0) is 12.4 Å². The molecule has 1 N–H and O–H groups in total. The fourth-order valence-electron chi connectivity index (χ4n) is 3.34. The summed E-state index contributed by atoms with van der Waals surface area (Å²) < 4.78 is 81.5. The highest BCUT2D eigenvalue weighted by Crippen LogP contribution is 2.36. The Morgan fingerprint density at radius 2 is 1.62 bits per heavy atom. The normalized spacial score (nSPS) is 15.7. The lowest BCUT2D eigenvalue weighted by molar-refractivity contribution is -0.143. The van der Waals surface area contributed by atoms with Gasteiger partial charge in [0, 0.05) is 25.2 Å². The first-order chi connectivity index (χ1) is 14.9. The highest BCUT2D eigenvalue weighted by atomic mass is 32.1. The zero-order chi connectivity index (χ0) is 23.7. The first kappa shape index (κ1) is 24.0. The Labute approximate surface area is 182 Å².